The van der Waals surface area contributed by atoms with Crippen molar-refractivity contribution >= 4 is 35.0 Å². The highest BCUT2D eigenvalue weighted by atomic mass is 32.1. The van der Waals surface area contributed by atoms with E-state index in [4.69, 9.17) is 17.0 Å². The molecule has 3 rings (SSSR count). The van der Waals surface area contributed by atoms with Crippen LogP contribution in [0.3, 0.4) is 0 Å². The molecule has 1 aliphatic rings. The molecule has 2 aromatic rings. The smallest absolute Gasteiger partial charge is 0.281 e. The summed E-state index contributed by atoms with van der Waals surface area (Å²) in [4.78, 5) is 14.2. The number of aromatic nitrogens is 2. The van der Waals surface area contributed by atoms with Crippen LogP contribution in [0.4, 0.5) is 5.69 Å². The van der Waals surface area contributed by atoms with Gasteiger partial charge in [-0.3, -0.25) is 9.48 Å². The van der Waals surface area contributed by atoms with E-state index in [-0.39, 0.29) is 5.91 Å². The largest absolute Gasteiger partial charge is 0.492 e. The molecule has 0 spiro atoms. The molecule has 7 heteroatoms. The van der Waals surface area contributed by atoms with Crippen molar-refractivity contribution in [2.45, 2.75) is 6.92 Å². The van der Waals surface area contributed by atoms with Crippen LogP contribution >= 0.6 is 12.2 Å². The maximum atomic E-state index is 12.7. The van der Waals surface area contributed by atoms with Gasteiger partial charge in [-0.05, 0) is 43.4 Å². The molecule has 118 valence electrons. The molecule has 2 heterocycles. The van der Waals surface area contributed by atoms with E-state index in [0.29, 0.717) is 28.9 Å². The third-order valence-electron chi connectivity index (χ3n) is 3.44. The Balaban J connectivity index is 1.97. The Morgan fingerprint density at radius 1 is 1.35 bits per heavy atom. The lowest BCUT2D eigenvalue weighted by atomic mass is 10.2. The lowest BCUT2D eigenvalue weighted by Gasteiger charge is -2.17. The molecule has 1 fully saturated rings. The number of amides is 1. The molecule has 0 radical (unpaired) electrons. The molecule has 0 aliphatic carbocycles. The average Bonchev–Trinajstić information content (AvgIpc) is 3.05. The van der Waals surface area contributed by atoms with Crippen LogP contribution < -0.4 is 15.0 Å². The van der Waals surface area contributed by atoms with Gasteiger partial charge in [0.25, 0.3) is 5.91 Å². The Kier molecular flexibility index (Phi) is 4.12. The lowest BCUT2D eigenvalue weighted by Crippen LogP contribution is -2.30. The zero-order valence-corrected chi connectivity index (χ0v) is 13.6. The molecule has 0 atom stereocenters. The minimum atomic E-state index is -0.219. The number of carbonyl (C=O) groups is 1. The fraction of sp³-hybridized carbons (Fsp3) is 0.188. The number of hydrogen-bond donors (Lipinski definition) is 1. The molecule has 6 nitrogen and oxygen atoms in total. The number of para-hydroxylation sites is 2. The number of nitrogens with one attached hydrogen (secondary N) is 1. The van der Waals surface area contributed by atoms with Crippen molar-refractivity contribution in [1.29, 1.82) is 0 Å². The van der Waals surface area contributed by atoms with Crippen LogP contribution in [0, 0.1) is 0 Å². The number of rotatable bonds is 4. The van der Waals surface area contributed by atoms with Gasteiger partial charge in [0.1, 0.15) is 11.4 Å². The van der Waals surface area contributed by atoms with Crippen LogP contribution in [0.15, 0.2) is 42.2 Å². The van der Waals surface area contributed by atoms with E-state index in [1.165, 1.54) is 4.90 Å². The van der Waals surface area contributed by atoms with Crippen molar-refractivity contribution in [2.75, 3.05) is 11.5 Å². The van der Waals surface area contributed by atoms with Crippen molar-refractivity contribution in [1.82, 2.24) is 15.1 Å². The second-order valence-electron chi connectivity index (χ2n) is 4.91. The highest BCUT2D eigenvalue weighted by Crippen LogP contribution is 2.31. The average molecular weight is 328 g/mol. The Bertz CT molecular complexity index is 797. The normalized spacial score (nSPS) is 16.1. The maximum Gasteiger partial charge on any atom is 0.281 e. The second kappa shape index (κ2) is 6.21. The Morgan fingerprint density at radius 2 is 2.13 bits per heavy atom. The van der Waals surface area contributed by atoms with Crippen molar-refractivity contribution in [3.05, 3.63) is 47.9 Å². The number of aryl methyl sites for hydroxylation is 1. The molecule has 0 unspecified atom stereocenters. The van der Waals surface area contributed by atoms with E-state index < -0.39 is 0 Å². The molecule has 1 amide bonds. The third kappa shape index (κ3) is 2.83. The predicted molar refractivity (Wildman–Crippen MR) is 92.0 cm³/mol. The summed E-state index contributed by atoms with van der Waals surface area (Å²) in [6, 6.07) is 9.15. The van der Waals surface area contributed by atoms with Gasteiger partial charge in [-0.15, -0.1) is 0 Å². The SMILES string of the molecule is CCOc1ccccc1N1C(=O)/C(=C\c2ccnn2C)NC1=S. The number of ether oxygens (including phenoxy) is 1. The number of benzene rings is 1. The summed E-state index contributed by atoms with van der Waals surface area (Å²) in [6.45, 7) is 2.41. The minimum absolute atomic E-state index is 0.219. The van der Waals surface area contributed by atoms with Gasteiger partial charge in [0, 0.05) is 13.2 Å². The van der Waals surface area contributed by atoms with Gasteiger partial charge in [0.2, 0.25) is 0 Å². The number of carbonyl (C=O) groups excluding carboxylic acids is 1. The number of nitrogens with zero attached hydrogens (tertiary/aromatic N) is 3. The highest BCUT2D eigenvalue weighted by Gasteiger charge is 2.33. The van der Waals surface area contributed by atoms with Crippen LogP contribution in [-0.4, -0.2) is 27.4 Å². The van der Waals surface area contributed by atoms with E-state index in [1.54, 1.807) is 17.0 Å². The van der Waals surface area contributed by atoms with Crippen LogP contribution in [-0.2, 0) is 11.8 Å². The first-order valence-corrected chi connectivity index (χ1v) is 7.59. The topological polar surface area (TPSA) is 59.4 Å². The Morgan fingerprint density at radius 3 is 2.83 bits per heavy atom. The van der Waals surface area contributed by atoms with Crippen LogP contribution in [0.25, 0.3) is 6.08 Å². The fourth-order valence-electron chi connectivity index (χ4n) is 2.35. The van der Waals surface area contributed by atoms with Gasteiger partial charge in [-0.2, -0.15) is 5.10 Å². The van der Waals surface area contributed by atoms with Gasteiger partial charge in [-0.25, -0.2) is 4.90 Å². The number of thiocarbonyl (C=S) groups is 1. The maximum absolute atomic E-state index is 12.7. The van der Waals surface area contributed by atoms with Crippen molar-refractivity contribution in [2.24, 2.45) is 7.05 Å². The van der Waals surface area contributed by atoms with Crippen LogP contribution in [0.1, 0.15) is 12.6 Å². The molecule has 1 aromatic carbocycles. The number of anilines is 1. The van der Waals surface area contributed by atoms with E-state index in [9.17, 15) is 4.79 Å². The fourth-order valence-corrected chi connectivity index (χ4v) is 2.64. The molecule has 1 saturated heterocycles. The molecule has 1 N–H and O–H groups in total. The standard InChI is InChI=1S/C16H16N4O2S/c1-3-22-14-7-5-4-6-13(14)20-15(21)12(18-16(20)23)10-11-8-9-17-19(11)2/h4-10H,3H2,1-2H3,(H,18,23)/b12-10+. The molecule has 0 bridgehead atoms. The summed E-state index contributed by atoms with van der Waals surface area (Å²) >= 11 is 5.32. The first kappa shape index (κ1) is 15.2. The third-order valence-corrected chi connectivity index (χ3v) is 3.72. The highest BCUT2D eigenvalue weighted by molar-refractivity contribution is 7.80. The van der Waals surface area contributed by atoms with Crippen molar-refractivity contribution in [3.63, 3.8) is 0 Å². The van der Waals surface area contributed by atoms with Crippen molar-refractivity contribution < 1.29 is 9.53 Å². The van der Waals surface area contributed by atoms with Crippen LogP contribution in [0.2, 0.25) is 0 Å². The first-order valence-electron chi connectivity index (χ1n) is 7.18. The zero-order chi connectivity index (χ0) is 16.4. The molecular weight excluding hydrogens is 312 g/mol. The Labute approximate surface area is 139 Å². The van der Waals surface area contributed by atoms with Crippen LogP contribution in [0.5, 0.6) is 5.75 Å². The molecule has 1 aromatic heterocycles. The van der Waals surface area contributed by atoms with E-state index in [2.05, 4.69) is 10.4 Å². The monoisotopic (exact) mass is 328 g/mol. The summed E-state index contributed by atoms with van der Waals surface area (Å²) in [6.07, 6.45) is 3.40. The molecule has 0 saturated carbocycles. The van der Waals surface area contributed by atoms with E-state index in [0.717, 1.165) is 5.69 Å². The number of hydrogen-bond acceptors (Lipinski definition) is 4. The second-order valence-corrected chi connectivity index (χ2v) is 5.30. The molecule has 23 heavy (non-hydrogen) atoms. The Hall–Kier alpha value is -2.67. The summed E-state index contributed by atoms with van der Waals surface area (Å²) in [5.74, 6) is 0.401. The predicted octanol–water partition coefficient (Wildman–Crippen LogP) is 2.08. The van der Waals surface area contributed by atoms with Gasteiger partial charge in [-0.1, -0.05) is 12.1 Å². The van der Waals surface area contributed by atoms with E-state index in [1.807, 2.05) is 44.3 Å². The lowest BCUT2D eigenvalue weighted by molar-refractivity contribution is -0.113. The summed E-state index contributed by atoms with van der Waals surface area (Å²) in [5, 5.41) is 7.37. The van der Waals surface area contributed by atoms with Crippen molar-refractivity contribution in [3.8, 4) is 5.75 Å². The summed E-state index contributed by atoms with van der Waals surface area (Å²) < 4.78 is 7.27. The quantitative estimate of drug-likeness (QED) is 0.688. The first-order chi connectivity index (χ1) is 11.1. The summed E-state index contributed by atoms with van der Waals surface area (Å²) in [5.41, 5.74) is 1.85. The van der Waals surface area contributed by atoms with Gasteiger partial charge < -0.3 is 10.1 Å². The molecular formula is C16H16N4O2S. The zero-order valence-electron chi connectivity index (χ0n) is 12.8. The van der Waals surface area contributed by atoms with E-state index >= 15 is 0 Å². The summed E-state index contributed by atoms with van der Waals surface area (Å²) in [7, 11) is 1.81. The van der Waals surface area contributed by atoms with Gasteiger partial charge in [0.15, 0.2) is 5.11 Å². The molecule has 1 aliphatic heterocycles. The minimum Gasteiger partial charge on any atom is -0.492 e. The van der Waals surface area contributed by atoms with Gasteiger partial charge >= 0.3 is 0 Å². The van der Waals surface area contributed by atoms with Gasteiger partial charge in [0.05, 0.1) is 18.0 Å².